The Morgan fingerprint density at radius 2 is 0.738 bits per heavy atom. The Labute approximate surface area is 267 Å². The molecule has 0 aliphatic carbocycles. The first kappa shape index (κ1) is 24.4. The minimum absolute atomic E-state index is 0. The summed E-state index contributed by atoms with van der Waals surface area (Å²) in [6, 6.07) is 32.8. The van der Waals surface area contributed by atoms with Crippen LogP contribution in [0.1, 0.15) is 22.3 Å². The van der Waals surface area contributed by atoms with Crippen molar-refractivity contribution in [2.75, 3.05) is 0 Å². The van der Waals surface area contributed by atoms with Crippen LogP contribution in [0.15, 0.2) is 127 Å². The second-order valence-electron chi connectivity index (χ2n) is 10.00. The molecule has 10 heteroatoms. The molecule has 6 bridgehead atoms. The molecule has 10 rings (SSSR count). The molecular formula is C32H17CuN8Na. The van der Waals surface area contributed by atoms with Gasteiger partial charge in [-0.05, 0) is 0 Å². The summed E-state index contributed by atoms with van der Waals surface area (Å²) in [6.45, 7) is 0. The third-order valence-electron chi connectivity index (χ3n) is 7.71. The SMILES string of the molecule is [NaH].c1ccc2c(c1)C1=NC/2=N\c2c3ccccc3c3[n]2[Cu][n]2/c(c4ccccc4/c2=N/C2=N\C(=N/3)c3ccccc32)=N\1. The number of hydrogen-bond donors (Lipinski definition) is 0. The van der Waals surface area contributed by atoms with Crippen molar-refractivity contribution in [3.8, 4) is 0 Å². The summed E-state index contributed by atoms with van der Waals surface area (Å²) in [6.07, 6.45) is 0. The molecule has 0 fully saturated rings. The van der Waals surface area contributed by atoms with Crippen molar-refractivity contribution in [2.24, 2.45) is 30.0 Å². The fourth-order valence-electron chi connectivity index (χ4n) is 5.84. The van der Waals surface area contributed by atoms with Gasteiger partial charge in [-0.1, -0.05) is 0 Å². The summed E-state index contributed by atoms with van der Waals surface area (Å²) in [4.78, 5) is 30.8. The van der Waals surface area contributed by atoms with Crippen molar-refractivity contribution in [1.29, 1.82) is 0 Å². The molecule has 4 aromatic carbocycles. The zero-order chi connectivity index (χ0) is 26.7. The standard InChI is InChI=1S/C32H16N8.Cu.Na.H/c1-2-10-18-17(9-1)25-33-26(18)38-28-21-13-5-6-14-22(21)30(35-28)40-32-24-16-8-7-15-23(24)31(36-32)39-29-20-12-4-3-11-19(20)27(34-29)37-25;;;/h1-16H;;;/q-2;+2;;. The Balaban J connectivity index is 0.00000250. The van der Waals surface area contributed by atoms with Gasteiger partial charge in [0.1, 0.15) is 0 Å². The van der Waals surface area contributed by atoms with Crippen LogP contribution in [-0.4, -0.2) is 60.1 Å². The van der Waals surface area contributed by atoms with Gasteiger partial charge in [0, 0.05) is 0 Å². The van der Waals surface area contributed by atoms with Gasteiger partial charge in [0.25, 0.3) is 0 Å². The number of aliphatic imine (C=N–C) groups is 4. The van der Waals surface area contributed by atoms with E-state index < -0.39 is 0 Å². The average Bonchev–Trinajstić information content (AvgIpc) is 3.72. The number of aromatic nitrogens is 2. The van der Waals surface area contributed by atoms with Crippen molar-refractivity contribution in [3.05, 3.63) is 130 Å². The molecule has 6 aromatic rings. The van der Waals surface area contributed by atoms with Gasteiger partial charge < -0.3 is 0 Å². The monoisotopic (exact) mass is 599 g/mol. The second-order valence-corrected chi connectivity index (χ2v) is 11.0. The van der Waals surface area contributed by atoms with Crippen LogP contribution < -0.4 is 11.0 Å². The van der Waals surface area contributed by atoms with E-state index in [9.17, 15) is 0 Å². The topological polar surface area (TPSA) is 84.0 Å². The van der Waals surface area contributed by atoms with Crippen molar-refractivity contribution < 1.29 is 15.4 Å². The van der Waals surface area contributed by atoms with Crippen LogP contribution in [0.2, 0.25) is 0 Å². The Bertz CT molecular complexity index is 2300. The van der Waals surface area contributed by atoms with Crippen LogP contribution in [0.4, 0.5) is 11.6 Å². The van der Waals surface area contributed by atoms with Gasteiger partial charge in [0.05, 0.1) is 0 Å². The fourth-order valence-corrected chi connectivity index (χ4v) is 7.03. The molecule has 0 atom stereocenters. The molecule has 0 unspecified atom stereocenters. The van der Waals surface area contributed by atoms with Gasteiger partial charge in [0.2, 0.25) is 0 Å². The zero-order valence-electron chi connectivity index (χ0n) is 21.1. The van der Waals surface area contributed by atoms with Gasteiger partial charge in [0.15, 0.2) is 0 Å². The average molecular weight is 600 g/mol. The van der Waals surface area contributed by atoms with E-state index in [0.29, 0.717) is 23.3 Å². The van der Waals surface area contributed by atoms with Crippen LogP contribution in [0, 0.1) is 0 Å². The van der Waals surface area contributed by atoms with E-state index in [0.717, 1.165) is 66.4 Å². The van der Waals surface area contributed by atoms with Gasteiger partial charge in [-0.3, -0.25) is 0 Å². The first-order chi connectivity index (χ1) is 20.3. The summed E-state index contributed by atoms with van der Waals surface area (Å²) in [7, 11) is 0. The van der Waals surface area contributed by atoms with Crippen molar-refractivity contribution >= 4 is 86.1 Å². The van der Waals surface area contributed by atoms with Gasteiger partial charge in [-0.15, -0.1) is 0 Å². The molecule has 0 radical (unpaired) electrons. The van der Waals surface area contributed by atoms with E-state index in [4.69, 9.17) is 30.0 Å². The van der Waals surface area contributed by atoms with E-state index in [1.165, 1.54) is 0 Å². The summed E-state index contributed by atoms with van der Waals surface area (Å²) < 4.78 is 4.13. The quantitative estimate of drug-likeness (QED) is 0.235. The molecule has 0 saturated heterocycles. The Kier molecular flexibility index (Phi) is 5.15. The first-order valence-corrected chi connectivity index (χ1v) is 14.0. The third kappa shape index (κ3) is 3.22. The Morgan fingerprint density at radius 3 is 1.17 bits per heavy atom. The summed E-state index contributed by atoms with van der Waals surface area (Å²) in [5.41, 5.74) is 5.33. The minimum atomic E-state index is 0. The number of rotatable bonds is 0. The molecule has 4 aliphatic heterocycles. The van der Waals surface area contributed by atoms with E-state index in [2.05, 4.69) is 55.7 Å². The summed E-state index contributed by atoms with van der Waals surface area (Å²) >= 11 is 1.62. The second kappa shape index (κ2) is 8.88. The van der Waals surface area contributed by atoms with E-state index in [1.54, 1.807) is 15.4 Å². The molecule has 197 valence electrons. The fraction of sp³-hybridized carbons (Fsp3) is 0. The van der Waals surface area contributed by atoms with E-state index >= 15 is 0 Å². The molecule has 6 heterocycles. The van der Waals surface area contributed by atoms with Crippen LogP contribution in [-0.2, 0) is 15.4 Å². The maximum atomic E-state index is 5.20. The van der Waals surface area contributed by atoms with Gasteiger partial charge >= 0.3 is 269 Å². The molecular weight excluding hydrogens is 583 g/mol. The van der Waals surface area contributed by atoms with Crippen LogP contribution in [0.3, 0.4) is 0 Å². The molecule has 0 amide bonds. The van der Waals surface area contributed by atoms with Crippen molar-refractivity contribution in [1.82, 2.24) is 7.17 Å². The normalized spacial score (nSPS) is 19.6. The third-order valence-corrected chi connectivity index (χ3v) is 8.88. The zero-order valence-corrected chi connectivity index (χ0v) is 22.1. The predicted octanol–water partition coefficient (Wildman–Crippen LogP) is 4.20. The number of hydrogen-bond acceptors (Lipinski definition) is 6. The van der Waals surface area contributed by atoms with Gasteiger partial charge in [-0.2, -0.15) is 0 Å². The number of benzene rings is 4. The van der Waals surface area contributed by atoms with E-state index in [1.807, 2.05) is 48.5 Å². The van der Waals surface area contributed by atoms with Crippen molar-refractivity contribution in [2.45, 2.75) is 0 Å². The summed E-state index contributed by atoms with van der Waals surface area (Å²) in [5, 5.41) is 3.92. The Morgan fingerprint density at radius 1 is 0.381 bits per heavy atom. The molecule has 2 aromatic heterocycles. The number of nitrogens with zero attached hydrogens (tertiary/aromatic N) is 8. The first-order valence-electron chi connectivity index (χ1n) is 13.2. The van der Waals surface area contributed by atoms with Crippen LogP contribution in [0.5, 0.6) is 0 Å². The number of fused-ring (bicyclic) bond motifs is 14. The Hall–Kier alpha value is -4.24. The van der Waals surface area contributed by atoms with Crippen LogP contribution in [0.25, 0.3) is 21.5 Å². The van der Waals surface area contributed by atoms with Crippen LogP contribution >= 0.6 is 0 Å². The van der Waals surface area contributed by atoms with Crippen molar-refractivity contribution in [3.63, 3.8) is 0 Å². The molecule has 0 saturated carbocycles. The molecule has 42 heavy (non-hydrogen) atoms. The van der Waals surface area contributed by atoms with E-state index in [-0.39, 0.29) is 29.6 Å². The molecule has 0 N–H and O–H groups in total. The molecule has 8 nitrogen and oxygen atoms in total. The maximum absolute atomic E-state index is 5.20. The molecule has 4 aliphatic rings. The molecule has 0 spiro atoms. The number of amidine groups is 4. The van der Waals surface area contributed by atoms with Gasteiger partial charge in [-0.25, -0.2) is 0 Å². The predicted molar refractivity (Wildman–Crippen MR) is 162 cm³/mol. The summed E-state index contributed by atoms with van der Waals surface area (Å²) in [5.74, 6) is 4.04.